The maximum absolute atomic E-state index is 5.87. The van der Waals surface area contributed by atoms with E-state index in [1.54, 1.807) is 0 Å². The van der Waals surface area contributed by atoms with Crippen LogP contribution in [0.1, 0.15) is 58.3 Å². The van der Waals surface area contributed by atoms with Crippen molar-refractivity contribution in [1.82, 2.24) is 0 Å². The normalized spacial score (nSPS) is 30.0. The Morgan fingerprint density at radius 2 is 1.69 bits per heavy atom. The Bertz CT molecular complexity index is 166. The Balaban J connectivity index is 1.93. The van der Waals surface area contributed by atoms with Gasteiger partial charge in [-0.1, -0.05) is 26.2 Å². The SMILES string of the molecule is CCC1(CN)CC2(CCCCC2)C1. The molecule has 13 heavy (non-hydrogen) atoms. The summed E-state index contributed by atoms with van der Waals surface area (Å²) in [5.74, 6) is 0. The Labute approximate surface area is 82.1 Å². The molecule has 2 N–H and O–H groups in total. The van der Waals surface area contributed by atoms with E-state index in [4.69, 9.17) is 5.73 Å². The first kappa shape index (κ1) is 9.51. The first-order valence-corrected chi connectivity index (χ1v) is 5.94. The van der Waals surface area contributed by atoms with Crippen LogP contribution in [-0.4, -0.2) is 6.54 Å². The first-order valence-electron chi connectivity index (χ1n) is 5.94. The van der Waals surface area contributed by atoms with Crippen LogP contribution in [0.2, 0.25) is 0 Å². The van der Waals surface area contributed by atoms with Crippen LogP contribution in [0.25, 0.3) is 0 Å². The standard InChI is InChI=1S/C12H23N/c1-2-11(10-13)8-12(9-11)6-4-3-5-7-12/h2-10,13H2,1H3. The summed E-state index contributed by atoms with van der Waals surface area (Å²) < 4.78 is 0. The van der Waals surface area contributed by atoms with Crippen LogP contribution >= 0.6 is 0 Å². The zero-order valence-corrected chi connectivity index (χ0v) is 8.94. The highest BCUT2D eigenvalue weighted by Gasteiger charge is 2.52. The summed E-state index contributed by atoms with van der Waals surface area (Å²) in [4.78, 5) is 0. The zero-order chi connectivity index (χ0) is 9.36. The third-order valence-corrected chi connectivity index (χ3v) is 4.60. The molecule has 0 saturated heterocycles. The van der Waals surface area contributed by atoms with Crippen molar-refractivity contribution in [3.63, 3.8) is 0 Å². The maximum atomic E-state index is 5.87. The van der Waals surface area contributed by atoms with E-state index >= 15 is 0 Å². The highest BCUT2D eigenvalue weighted by atomic mass is 14.7. The van der Waals surface area contributed by atoms with Crippen LogP contribution in [0.4, 0.5) is 0 Å². The van der Waals surface area contributed by atoms with Gasteiger partial charge in [-0.15, -0.1) is 0 Å². The van der Waals surface area contributed by atoms with E-state index in [1.165, 1.54) is 51.4 Å². The van der Waals surface area contributed by atoms with Crippen molar-refractivity contribution in [2.75, 3.05) is 6.54 Å². The fourth-order valence-corrected chi connectivity index (χ4v) is 3.73. The van der Waals surface area contributed by atoms with Crippen molar-refractivity contribution in [3.05, 3.63) is 0 Å². The molecule has 0 aromatic heterocycles. The molecule has 0 aromatic rings. The highest BCUT2D eigenvalue weighted by molar-refractivity contribution is 5.03. The molecular weight excluding hydrogens is 158 g/mol. The molecular formula is C12H23N. The second-order valence-electron chi connectivity index (χ2n) is 5.47. The third kappa shape index (κ3) is 1.52. The summed E-state index contributed by atoms with van der Waals surface area (Å²) >= 11 is 0. The Morgan fingerprint density at radius 1 is 1.08 bits per heavy atom. The Kier molecular flexibility index (Phi) is 2.39. The van der Waals surface area contributed by atoms with Gasteiger partial charge in [-0.25, -0.2) is 0 Å². The molecule has 1 nitrogen and oxygen atoms in total. The molecule has 0 bridgehead atoms. The number of rotatable bonds is 2. The minimum Gasteiger partial charge on any atom is -0.330 e. The molecule has 2 fully saturated rings. The van der Waals surface area contributed by atoms with Crippen LogP contribution in [0.3, 0.4) is 0 Å². The number of hydrogen-bond donors (Lipinski definition) is 1. The van der Waals surface area contributed by atoms with E-state index in [2.05, 4.69) is 6.92 Å². The molecule has 2 saturated carbocycles. The smallest absolute Gasteiger partial charge is 0.00202 e. The summed E-state index contributed by atoms with van der Waals surface area (Å²) in [6.45, 7) is 3.23. The van der Waals surface area contributed by atoms with Crippen molar-refractivity contribution < 1.29 is 0 Å². The van der Waals surface area contributed by atoms with Gasteiger partial charge in [-0.05, 0) is 49.5 Å². The van der Waals surface area contributed by atoms with Gasteiger partial charge in [0, 0.05) is 0 Å². The van der Waals surface area contributed by atoms with E-state index in [9.17, 15) is 0 Å². The fraction of sp³-hybridized carbons (Fsp3) is 1.00. The van der Waals surface area contributed by atoms with Crippen molar-refractivity contribution in [1.29, 1.82) is 0 Å². The molecule has 76 valence electrons. The lowest BCUT2D eigenvalue weighted by atomic mass is 9.48. The Hall–Kier alpha value is -0.0400. The lowest BCUT2D eigenvalue weighted by Gasteiger charge is -2.58. The largest absolute Gasteiger partial charge is 0.330 e. The van der Waals surface area contributed by atoms with Gasteiger partial charge >= 0.3 is 0 Å². The summed E-state index contributed by atoms with van der Waals surface area (Å²) in [6, 6.07) is 0. The van der Waals surface area contributed by atoms with E-state index in [0.29, 0.717) is 5.41 Å². The van der Waals surface area contributed by atoms with E-state index in [1.807, 2.05) is 0 Å². The quantitative estimate of drug-likeness (QED) is 0.696. The molecule has 0 amide bonds. The van der Waals surface area contributed by atoms with Gasteiger partial charge in [-0.2, -0.15) is 0 Å². The average molecular weight is 181 g/mol. The second kappa shape index (κ2) is 3.27. The fourth-order valence-electron chi connectivity index (χ4n) is 3.73. The van der Waals surface area contributed by atoms with E-state index in [0.717, 1.165) is 12.0 Å². The minimum atomic E-state index is 0.553. The monoisotopic (exact) mass is 181 g/mol. The molecule has 0 radical (unpaired) electrons. The van der Waals surface area contributed by atoms with E-state index in [-0.39, 0.29) is 0 Å². The molecule has 1 spiro atoms. The predicted molar refractivity (Wildman–Crippen MR) is 56.5 cm³/mol. The minimum absolute atomic E-state index is 0.553. The summed E-state index contributed by atoms with van der Waals surface area (Å²) in [5.41, 5.74) is 7.18. The van der Waals surface area contributed by atoms with Crippen LogP contribution in [-0.2, 0) is 0 Å². The van der Waals surface area contributed by atoms with Gasteiger partial charge in [0.15, 0.2) is 0 Å². The van der Waals surface area contributed by atoms with Crippen molar-refractivity contribution in [2.24, 2.45) is 16.6 Å². The van der Waals surface area contributed by atoms with Gasteiger partial charge in [0.05, 0.1) is 0 Å². The summed E-state index contributed by atoms with van der Waals surface area (Å²) in [6.07, 6.45) is 11.6. The molecule has 0 aliphatic heterocycles. The molecule has 2 rings (SSSR count). The van der Waals surface area contributed by atoms with Gasteiger partial charge < -0.3 is 5.73 Å². The van der Waals surface area contributed by atoms with E-state index < -0.39 is 0 Å². The third-order valence-electron chi connectivity index (χ3n) is 4.60. The van der Waals surface area contributed by atoms with Gasteiger partial charge in [0.1, 0.15) is 0 Å². The molecule has 0 unspecified atom stereocenters. The van der Waals surface area contributed by atoms with Crippen LogP contribution in [0, 0.1) is 10.8 Å². The molecule has 0 aromatic carbocycles. The van der Waals surface area contributed by atoms with Crippen LogP contribution in [0.5, 0.6) is 0 Å². The summed E-state index contributed by atoms with van der Waals surface area (Å²) in [7, 11) is 0. The topological polar surface area (TPSA) is 26.0 Å². The molecule has 2 aliphatic carbocycles. The molecule has 2 aliphatic rings. The van der Waals surface area contributed by atoms with Crippen molar-refractivity contribution in [3.8, 4) is 0 Å². The molecule has 1 heteroatoms. The zero-order valence-electron chi connectivity index (χ0n) is 8.94. The van der Waals surface area contributed by atoms with Crippen molar-refractivity contribution >= 4 is 0 Å². The summed E-state index contributed by atoms with van der Waals surface area (Å²) in [5, 5.41) is 0. The Morgan fingerprint density at radius 3 is 2.15 bits per heavy atom. The molecule has 0 atom stereocenters. The van der Waals surface area contributed by atoms with Gasteiger partial charge in [-0.3, -0.25) is 0 Å². The van der Waals surface area contributed by atoms with Crippen molar-refractivity contribution in [2.45, 2.75) is 58.3 Å². The molecule has 0 heterocycles. The predicted octanol–water partition coefficient (Wildman–Crippen LogP) is 3.09. The van der Waals surface area contributed by atoms with Gasteiger partial charge in [0.2, 0.25) is 0 Å². The maximum Gasteiger partial charge on any atom is -0.00202 e. The average Bonchev–Trinajstić information content (AvgIpc) is 2.15. The highest BCUT2D eigenvalue weighted by Crippen LogP contribution is 2.61. The van der Waals surface area contributed by atoms with Gasteiger partial charge in [0.25, 0.3) is 0 Å². The second-order valence-corrected chi connectivity index (χ2v) is 5.47. The lowest BCUT2D eigenvalue weighted by molar-refractivity contribution is -0.0626. The van der Waals surface area contributed by atoms with Crippen LogP contribution < -0.4 is 5.73 Å². The number of hydrogen-bond acceptors (Lipinski definition) is 1. The first-order chi connectivity index (χ1) is 6.24. The number of nitrogens with two attached hydrogens (primary N) is 1. The van der Waals surface area contributed by atoms with Crippen LogP contribution in [0.15, 0.2) is 0 Å². The lowest BCUT2D eigenvalue weighted by Crippen LogP contribution is -2.51.